The first-order chi connectivity index (χ1) is 56.4. The Morgan fingerprint density at radius 3 is 1.53 bits per heavy atom. The van der Waals surface area contributed by atoms with E-state index < -0.39 is 205 Å². The second-order valence-corrected chi connectivity index (χ2v) is 30.4. The number of rotatable bonds is 24. The number of nitrogens with two attached hydrogens (primary N) is 3. The summed E-state index contributed by atoms with van der Waals surface area (Å²) in [6.07, 6.45) is 2.74. The highest BCUT2D eigenvalue weighted by Crippen LogP contribution is 2.24. The van der Waals surface area contributed by atoms with Gasteiger partial charge >= 0.3 is 5.97 Å². The maximum Gasteiger partial charge on any atom is 0.305 e. The van der Waals surface area contributed by atoms with Gasteiger partial charge in [-0.15, -0.1) is 11.8 Å². The number of para-hydroxylation sites is 2. The standard InChI is InChI=1S/C80H110N20O17S/c1-6-8-22-55-72(110)92-56(25-15-16-29-81)73(111)94-59(34-49-37-87-53-24-14-12-21-51(49)53)77(115)99-67(43(3)4)78(116)98-62(69(82)107)41-118-42-65(104)88-38-63(102)91-57(32-45-27-28-46-18-9-10-19-47(46)31-45)76(114)100-68(44(5)7-2)79(117)97-61(40-101)70(108)89-39-64(103)90-54(26-17-30-85-80(83)84)71(109)96-60(35-66(105)106)75(113)95-58(74(112)93-55)33-48-36-86-52-23-13-11-20-50(48)52/h9-14,18-21,23-24,27-28,31,36-37,43-44,54-62,67-68,86-87,101H,6-8,15-17,22,25-26,29-30,32-35,38-42,81H2,1-5H3,(H2,82,107)(H,88,104)(H,89,108)(H,90,103)(H,91,102)(H,92,110)(H,93,112)(H,94,111)(H,95,113)(H,96,109)(H,97,117)(H,98,116)(H,99,115)(H,100,114)(H,105,106)(H4,83,84,85)/t44-,54+,55-,56-,57-,58-,59+,60-,61-,62-,67-,68-/m0/s1. The van der Waals surface area contributed by atoms with Crippen LogP contribution in [-0.4, -0.2) is 226 Å². The Hall–Kier alpha value is -12.2. The monoisotopic (exact) mass is 1650 g/mol. The van der Waals surface area contributed by atoms with Gasteiger partial charge in [0.25, 0.3) is 0 Å². The number of amides is 14. The number of primary amides is 1. The van der Waals surface area contributed by atoms with E-state index in [0.29, 0.717) is 57.8 Å². The van der Waals surface area contributed by atoms with Gasteiger partial charge in [-0.25, -0.2) is 0 Å². The van der Waals surface area contributed by atoms with Crippen LogP contribution in [0.5, 0.6) is 0 Å². The summed E-state index contributed by atoms with van der Waals surface area (Å²) < 4.78 is 0. The number of carbonyl (C=O) groups is 15. The van der Waals surface area contributed by atoms with Crippen LogP contribution in [0.1, 0.15) is 116 Å². The van der Waals surface area contributed by atoms with Crippen molar-refractivity contribution in [1.29, 1.82) is 5.41 Å². The third-order valence-electron chi connectivity index (χ3n) is 20.0. The largest absolute Gasteiger partial charge is 0.481 e. The summed E-state index contributed by atoms with van der Waals surface area (Å²) in [5, 5.41) is 67.5. The molecule has 0 unspecified atom stereocenters. The van der Waals surface area contributed by atoms with Crippen LogP contribution in [0.15, 0.2) is 103 Å². The molecular formula is C80H110N20O17S. The van der Waals surface area contributed by atoms with E-state index in [1.165, 1.54) is 0 Å². The zero-order valence-corrected chi connectivity index (χ0v) is 67.4. The maximum atomic E-state index is 15.1. The van der Waals surface area contributed by atoms with Crippen molar-refractivity contribution in [2.24, 2.45) is 29.0 Å². The summed E-state index contributed by atoms with van der Waals surface area (Å²) >= 11 is 0.852. The Balaban J connectivity index is 1.25. The van der Waals surface area contributed by atoms with Gasteiger partial charge < -0.3 is 112 Å². The molecule has 638 valence electrons. The molecule has 1 aliphatic heterocycles. The quantitative estimate of drug-likeness (QED) is 0.0184. The summed E-state index contributed by atoms with van der Waals surface area (Å²) in [4.78, 5) is 220. The molecule has 0 spiro atoms. The first kappa shape index (κ1) is 93.0. The third kappa shape index (κ3) is 28.6. The van der Waals surface area contributed by atoms with E-state index in [-0.39, 0.29) is 76.6 Å². The number of benzene rings is 4. The lowest BCUT2D eigenvalue weighted by atomic mass is 9.96. The number of fused-ring (bicyclic) bond motifs is 3. The molecule has 3 heterocycles. The number of aromatic nitrogens is 2. The number of aliphatic carboxylic acids is 1. The lowest BCUT2D eigenvalue weighted by molar-refractivity contribution is -0.141. The summed E-state index contributed by atoms with van der Waals surface area (Å²) in [6.45, 7) is 5.82. The highest BCUT2D eigenvalue weighted by molar-refractivity contribution is 8.00. The van der Waals surface area contributed by atoms with E-state index >= 15 is 9.59 Å². The van der Waals surface area contributed by atoms with Crippen molar-refractivity contribution in [2.75, 3.05) is 44.3 Å². The average molecular weight is 1660 g/mol. The van der Waals surface area contributed by atoms with Crippen LogP contribution in [0.4, 0.5) is 0 Å². The fourth-order valence-corrected chi connectivity index (χ4v) is 14.1. The molecule has 2 aromatic heterocycles. The Morgan fingerprint density at radius 1 is 0.508 bits per heavy atom. The summed E-state index contributed by atoms with van der Waals surface area (Å²) in [6, 6.07) is 9.58. The van der Waals surface area contributed by atoms with E-state index in [2.05, 4.69) is 84.4 Å². The van der Waals surface area contributed by atoms with Crippen molar-refractivity contribution < 1.29 is 82.1 Å². The highest BCUT2D eigenvalue weighted by atomic mass is 32.2. The molecule has 0 saturated carbocycles. The van der Waals surface area contributed by atoms with Gasteiger partial charge in [-0.2, -0.15) is 0 Å². The van der Waals surface area contributed by atoms with Crippen LogP contribution >= 0.6 is 11.8 Å². The first-order valence-corrected chi connectivity index (χ1v) is 40.5. The molecule has 14 amide bonds. The minimum atomic E-state index is -2.00. The van der Waals surface area contributed by atoms with Gasteiger partial charge in [0.15, 0.2) is 5.96 Å². The highest BCUT2D eigenvalue weighted by Gasteiger charge is 2.39. The number of unbranched alkanes of at least 4 members (excludes halogenated alkanes) is 2. The van der Waals surface area contributed by atoms with Crippen molar-refractivity contribution in [3.8, 4) is 0 Å². The molecule has 0 aliphatic carbocycles. The molecule has 25 N–H and O–H groups in total. The summed E-state index contributed by atoms with van der Waals surface area (Å²) in [7, 11) is 0. The number of hydrogen-bond donors (Lipinski definition) is 22. The molecule has 37 nitrogen and oxygen atoms in total. The number of H-pyrrole nitrogens is 2. The number of aliphatic hydroxyl groups is 1. The molecular weight excluding hydrogens is 1550 g/mol. The molecule has 7 rings (SSSR count). The zero-order chi connectivity index (χ0) is 86.1. The predicted molar refractivity (Wildman–Crippen MR) is 441 cm³/mol. The fraction of sp³-hybridized carbons (Fsp3) is 0.475. The molecule has 4 aromatic carbocycles. The van der Waals surface area contributed by atoms with E-state index in [1.54, 1.807) is 107 Å². The average Bonchev–Trinajstić information content (AvgIpc) is 1.71. The van der Waals surface area contributed by atoms with Gasteiger partial charge in [-0.3, -0.25) is 77.3 Å². The number of hydrogen-bond acceptors (Lipinski definition) is 19. The number of thioether (sulfide) groups is 1. The van der Waals surface area contributed by atoms with Gasteiger partial charge in [-0.05, 0) is 96.5 Å². The number of aliphatic hydroxyl groups excluding tert-OH is 1. The van der Waals surface area contributed by atoms with Crippen LogP contribution in [-0.2, 0) is 91.2 Å². The Bertz CT molecular complexity index is 4550. The summed E-state index contributed by atoms with van der Waals surface area (Å²) in [5.74, 6) is -17.6. The second-order valence-electron chi connectivity index (χ2n) is 29.4. The molecule has 1 fully saturated rings. The van der Waals surface area contributed by atoms with E-state index in [0.717, 1.165) is 22.5 Å². The number of carboxylic acid groups (broad SMARTS) is 1. The van der Waals surface area contributed by atoms with Crippen LogP contribution in [0.2, 0.25) is 0 Å². The molecule has 1 saturated heterocycles. The lowest BCUT2D eigenvalue weighted by Gasteiger charge is -2.29. The number of nitrogens with one attached hydrogen (secondary N) is 17. The van der Waals surface area contributed by atoms with Crippen molar-refractivity contribution in [3.05, 3.63) is 120 Å². The van der Waals surface area contributed by atoms with E-state index in [9.17, 15) is 72.5 Å². The predicted octanol–water partition coefficient (Wildman–Crippen LogP) is -1.62. The number of carboxylic acids is 1. The van der Waals surface area contributed by atoms with Gasteiger partial charge in [0, 0.05) is 65.8 Å². The van der Waals surface area contributed by atoms with Crippen LogP contribution < -0.4 is 91.6 Å². The fourth-order valence-electron chi connectivity index (χ4n) is 13.2. The van der Waals surface area contributed by atoms with Gasteiger partial charge in [0.05, 0.1) is 31.9 Å². The summed E-state index contributed by atoms with van der Waals surface area (Å²) in [5.41, 5.74) is 20.2. The minimum Gasteiger partial charge on any atom is -0.481 e. The van der Waals surface area contributed by atoms with Crippen molar-refractivity contribution >= 4 is 139 Å². The number of guanidine groups is 1. The van der Waals surface area contributed by atoms with Gasteiger partial charge in [0.2, 0.25) is 82.7 Å². The molecule has 38 heteroatoms. The molecule has 12 atom stereocenters. The topological polar surface area (TPSA) is 598 Å². The molecule has 6 aromatic rings. The third-order valence-corrected chi connectivity index (χ3v) is 21.0. The second kappa shape index (κ2) is 46.5. The number of carbonyl (C=O) groups excluding carboxylic acids is 14. The van der Waals surface area contributed by atoms with Gasteiger partial charge in [-0.1, -0.05) is 133 Å². The first-order valence-electron chi connectivity index (χ1n) is 39.3. The van der Waals surface area contributed by atoms with Crippen LogP contribution in [0, 0.1) is 17.2 Å². The van der Waals surface area contributed by atoms with Crippen molar-refractivity contribution in [2.45, 2.75) is 185 Å². The van der Waals surface area contributed by atoms with Crippen molar-refractivity contribution in [1.82, 2.24) is 84.4 Å². The van der Waals surface area contributed by atoms with E-state index in [4.69, 9.17) is 22.6 Å². The zero-order valence-electron chi connectivity index (χ0n) is 66.6. The minimum absolute atomic E-state index is 0.00882. The van der Waals surface area contributed by atoms with E-state index in [1.807, 2.05) is 31.2 Å². The molecule has 1 aliphatic rings. The molecule has 0 bridgehead atoms. The normalized spacial score (nSPS) is 22.8. The Labute approximate surface area is 685 Å². The lowest BCUT2D eigenvalue weighted by Crippen LogP contribution is -2.61. The smallest absolute Gasteiger partial charge is 0.305 e. The Kier molecular flexibility index (Phi) is 36.7. The van der Waals surface area contributed by atoms with Gasteiger partial charge in [0.1, 0.15) is 66.5 Å². The SMILES string of the molecule is CCCC[C@@H]1NC(=O)[C@H](Cc2c[nH]c3ccccc23)NC(=O)[C@H](CC(=O)O)NC(=O)[C@@H](CCCNC(=N)N)NC(=O)CNC(=O)[C@H](CO)NC(=O)[C@H]([C@@H](C)CC)NC(=O)[C@H](Cc2ccc3ccccc3c2)NC(=O)CNC(=O)CSC[C@@H](C(N)=O)NC(=O)[C@H](C(C)C)NC(=O)[C@@H](Cc2c[nH]c3ccccc23)NC(=O)[C@H](CCCCN)NC1=O. The Morgan fingerprint density at radius 2 is 0.983 bits per heavy atom. The maximum absolute atomic E-state index is 15.1. The van der Waals surface area contributed by atoms with Crippen LogP contribution in [0.25, 0.3) is 32.6 Å². The van der Waals surface area contributed by atoms with Crippen molar-refractivity contribution in [3.63, 3.8) is 0 Å². The van der Waals surface area contributed by atoms with Crippen LogP contribution in [0.3, 0.4) is 0 Å². The number of aromatic amines is 2. The molecule has 118 heavy (non-hydrogen) atoms. The molecule has 0 radical (unpaired) electrons.